The number of aromatic nitrogens is 2. The number of anilines is 2. The van der Waals surface area contributed by atoms with Crippen LogP contribution in [0.5, 0.6) is 0 Å². The van der Waals surface area contributed by atoms with Gasteiger partial charge in [-0.25, -0.2) is 4.98 Å². The van der Waals surface area contributed by atoms with Crippen LogP contribution in [-0.2, 0) is 16.1 Å². The lowest BCUT2D eigenvalue weighted by Gasteiger charge is -2.30. The first-order valence-electron chi connectivity index (χ1n) is 8.98. The molecule has 3 aromatic rings. The highest BCUT2D eigenvalue weighted by molar-refractivity contribution is 9.10. The van der Waals surface area contributed by atoms with E-state index in [1.807, 2.05) is 30.3 Å². The summed E-state index contributed by atoms with van der Waals surface area (Å²) in [6.45, 7) is 2.77. The number of nitrogens with one attached hydrogen (secondary N) is 1. The van der Waals surface area contributed by atoms with Crippen LogP contribution in [0.3, 0.4) is 0 Å². The minimum absolute atomic E-state index is 0.105. The van der Waals surface area contributed by atoms with Crippen LogP contribution in [0, 0.1) is 0 Å². The van der Waals surface area contributed by atoms with E-state index in [0.29, 0.717) is 24.1 Å². The van der Waals surface area contributed by atoms with Gasteiger partial charge in [0.2, 0.25) is 5.91 Å². The second-order valence-electron chi connectivity index (χ2n) is 6.50. The zero-order valence-electron chi connectivity index (χ0n) is 15.1. The standard InChI is InChI=1S/C20H19BrN4O3/c21-14-5-6-16-15(11-14)20(27)25(13-22-16)12-19(26)23-17-3-1-2-4-18(17)24-7-9-28-10-8-24/h1-6,11,13H,7-10,12H2,(H,23,26). The Hall–Kier alpha value is -2.71. The van der Waals surface area contributed by atoms with E-state index in [4.69, 9.17) is 4.74 Å². The van der Waals surface area contributed by atoms with Crippen LogP contribution in [0.4, 0.5) is 11.4 Å². The molecule has 4 rings (SSSR count). The summed E-state index contributed by atoms with van der Waals surface area (Å²) in [5.74, 6) is -0.279. The lowest BCUT2D eigenvalue weighted by Crippen LogP contribution is -2.37. The molecular weight excluding hydrogens is 424 g/mol. The van der Waals surface area contributed by atoms with Crippen molar-refractivity contribution < 1.29 is 9.53 Å². The predicted octanol–water partition coefficient (Wildman–Crippen LogP) is 2.63. The maximum Gasteiger partial charge on any atom is 0.261 e. The normalized spacial score (nSPS) is 14.2. The number of amides is 1. The number of benzene rings is 2. The number of hydrogen-bond donors (Lipinski definition) is 1. The Morgan fingerprint density at radius 1 is 1.18 bits per heavy atom. The molecule has 0 spiro atoms. The number of halogens is 1. The van der Waals surface area contributed by atoms with Crippen LogP contribution in [0.15, 0.2) is 58.1 Å². The van der Waals surface area contributed by atoms with E-state index >= 15 is 0 Å². The summed E-state index contributed by atoms with van der Waals surface area (Å²) in [5, 5.41) is 3.40. The molecule has 1 fully saturated rings. The second-order valence-corrected chi connectivity index (χ2v) is 7.42. The van der Waals surface area contributed by atoms with Gasteiger partial charge >= 0.3 is 0 Å². The molecule has 2 aromatic carbocycles. The lowest BCUT2D eigenvalue weighted by atomic mass is 10.2. The Labute approximate surface area is 170 Å². The third kappa shape index (κ3) is 3.93. The highest BCUT2D eigenvalue weighted by atomic mass is 79.9. The third-order valence-electron chi connectivity index (χ3n) is 4.63. The molecule has 0 bridgehead atoms. The molecule has 1 amide bonds. The SMILES string of the molecule is O=C(Cn1cnc2ccc(Br)cc2c1=O)Nc1ccccc1N1CCOCC1. The zero-order valence-corrected chi connectivity index (χ0v) is 16.7. The van der Waals surface area contributed by atoms with Crippen molar-refractivity contribution in [3.8, 4) is 0 Å². The van der Waals surface area contributed by atoms with Gasteiger partial charge in [-0.3, -0.25) is 14.2 Å². The van der Waals surface area contributed by atoms with Gasteiger partial charge in [-0.1, -0.05) is 28.1 Å². The van der Waals surface area contributed by atoms with Gasteiger partial charge in [-0.05, 0) is 30.3 Å². The fourth-order valence-corrected chi connectivity index (χ4v) is 3.61. The van der Waals surface area contributed by atoms with Crippen molar-refractivity contribution in [2.75, 3.05) is 36.5 Å². The lowest BCUT2D eigenvalue weighted by molar-refractivity contribution is -0.116. The fourth-order valence-electron chi connectivity index (χ4n) is 3.25. The first kappa shape index (κ1) is 18.6. The van der Waals surface area contributed by atoms with Gasteiger partial charge in [0.15, 0.2) is 0 Å². The monoisotopic (exact) mass is 442 g/mol. The van der Waals surface area contributed by atoms with E-state index in [1.165, 1.54) is 10.9 Å². The number of morpholine rings is 1. The van der Waals surface area contributed by atoms with Gasteiger partial charge in [-0.2, -0.15) is 0 Å². The first-order valence-corrected chi connectivity index (χ1v) is 9.77. The number of ether oxygens (including phenoxy) is 1. The Morgan fingerprint density at radius 3 is 2.79 bits per heavy atom. The average molecular weight is 443 g/mol. The maximum absolute atomic E-state index is 12.7. The molecular formula is C20H19BrN4O3. The molecule has 0 radical (unpaired) electrons. The molecule has 144 valence electrons. The molecule has 0 atom stereocenters. The van der Waals surface area contributed by atoms with Crippen molar-refractivity contribution >= 4 is 44.1 Å². The number of nitrogens with zero attached hydrogens (tertiary/aromatic N) is 3. The van der Waals surface area contributed by atoms with Gasteiger partial charge in [-0.15, -0.1) is 0 Å². The van der Waals surface area contributed by atoms with Crippen LogP contribution in [0.1, 0.15) is 0 Å². The number of carbonyl (C=O) groups excluding carboxylic acids is 1. The average Bonchev–Trinajstić information content (AvgIpc) is 2.71. The summed E-state index contributed by atoms with van der Waals surface area (Å²) in [6, 6.07) is 13.0. The highest BCUT2D eigenvalue weighted by Gasteiger charge is 2.16. The highest BCUT2D eigenvalue weighted by Crippen LogP contribution is 2.26. The zero-order chi connectivity index (χ0) is 19.5. The molecule has 0 unspecified atom stereocenters. The number of rotatable bonds is 4. The van der Waals surface area contributed by atoms with Gasteiger partial charge < -0.3 is 15.0 Å². The third-order valence-corrected chi connectivity index (χ3v) is 5.12. The molecule has 1 N–H and O–H groups in total. The molecule has 7 nitrogen and oxygen atoms in total. The van der Waals surface area contributed by atoms with Crippen molar-refractivity contribution in [2.45, 2.75) is 6.54 Å². The number of carbonyl (C=O) groups is 1. The molecule has 0 aliphatic carbocycles. The Morgan fingerprint density at radius 2 is 1.96 bits per heavy atom. The molecule has 1 saturated heterocycles. The number of hydrogen-bond acceptors (Lipinski definition) is 5. The van der Waals surface area contributed by atoms with Crippen LogP contribution < -0.4 is 15.8 Å². The summed E-state index contributed by atoms with van der Waals surface area (Å²) in [4.78, 5) is 31.8. The van der Waals surface area contributed by atoms with Crippen molar-refractivity contribution in [3.05, 3.63) is 63.6 Å². The largest absolute Gasteiger partial charge is 0.378 e. The van der Waals surface area contributed by atoms with Gasteiger partial charge in [0.1, 0.15) is 6.54 Å². The van der Waals surface area contributed by atoms with Crippen molar-refractivity contribution in [2.24, 2.45) is 0 Å². The minimum atomic E-state index is -0.279. The molecule has 28 heavy (non-hydrogen) atoms. The summed E-state index contributed by atoms with van der Waals surface area (Å²) in [6.07, 6.45) is 1.41. The van der Waals surface area contributed by atoms with Gasteiger partial charge in [0, 0.05) is 17.6 Å². The summed E-state index contributed by atoms with van der Waals surface area (Å²) >= 11 is 3.36. The van der Waals surface area contributed by atoms with Gasteiger partial charge in [0.05, 0.1) is 41.8 Å². The topological polar surface area (TPSA) is 76.5 Å². The number of fused-ring (bicyclic) bond motifs is 1. The van der Waals surface area contributed by atoms with Crippen LogP contribution in [0.2, 0.25) is 0 Å². The summed E-state index contributed by atoms with van der Waals surface area (Å²) in [7, 11) is 0. The smallest absolute Gasteiger partial charge is 0.261 e. The van der Waals surface area contributed by atoms with E-state index in [2.05, 4.69) is 31.1 Å². The van der Waals surface area contributed by atoms with Crippen molar-refractivity contribution in [3.63, 3.8) is 0 Å². The van der Waals surface area contributed by atoms with E-state index < -0.39 is 0 Å². The van der Waals surface area contributed by atoms with E-state index in [1.54, 1.807) is 12.1 Å². The quantitative estimate of drug-likeness (QED) is 0.671. The summed E-state index contributed by atoms with van der Waals surface area (Å²) in [5.41, 5.74) is 2.02. The Kier molecular flexibility index (Phi) is 5.40. The van der Waals surface area contributed by atoms with E-state index in [9.17, 15) is 9.59 Å². The Bertz CT molecular complexity index is 1080. The molecule has 2 heterocycles. The predicted molar refractivity (Wildman–Crippen MR) is 112 cm³/mol. The molecule has 1 aromatic heterocycles. The van der Waals surface area contributed by atoms with Gasteiger partial charge in [0.25, 0.3) is 5.56 Å². The van der Waals surface area contributed by atoms with E-state index in [-0.39, 0.29) is 18.0 Å². The molecule has 8 heteroatoms. The summed E-state index contributed by atoms with van der Waals surface area (Å²) < 4.78 is 7.51. The first-order chi connectivity index (χ1) is 13.6. The van der Waals surface area contributed by atoms with Crippen molar-refractivity contribution in [1.82, 2.24) is 9.55 Å². The van der Waals surface area contributed by atoms with Crippen LogP contribution in [-0.4, -0.2) is 41.8 Å². The molecule has 0 saturated carbocycles. The minimum Gasteiger partial charge on any atom is -0.378 e. The van der Waals surface area contributed by atoms with Crippen LogP contribution >= 0.6 is 15.9 Å². The van der Waals surface area contributed by atoms with Crippen LogP contribution in [0.25, 0.3) is 10.9 Å². The maximum atomic E-state index is 12.7. The van der Waals surface area contributed by atoms with Crippen molar-refractivity contribution in [1.29, 1.82) is 0 Å². The fraction of sp³-hybridized carbons (Fsp3) is 0.250. The second kappa shape index (κ2) is 8.12. The molecule has 1 aliphatic rings. The number of para-hydroxylation sites is 2. The Balaban J connectivity index is 1.55. The molecule has 1 aliphatic heterocycles. The van der Waals surface area contributed by atoms with E-state index in [0.717, 1.165) is 28.9 Å².